The molecular weight excluding hydrogens is 468 g/mol. The number of anilines is 1. The van der Waals surface area contributed by atoms with Crippen molar-refractivity contribution in [3.8, 4) is 5.75 Å². The maximum atomic E-state index is 13.8. The third-order valence-electron chi connectivity index (χ3n) is 7.30. The fraction of sp³-hybridized carbons (Fsp3) is 0.407. The Labute approximate surface area is 208 Å². The van der Waals surface area contributed by atoms with Gasteiger partial charge in [0.05, 0.1) is 17.9 Å². The van der Waals surface area contributed by atoms with Gasteiger partial charge in [-0.1, -0.05) is 17.3 Å². The number of nitrogens with zero attached hydrogens (tertiary/aromatic N) is 2. The first-order valence-electron chi connectivity index (χ1n) is 12.1. The number of ether oxygens (including phenoxy) is 2. The molecule has 2 saturated heterocycles. The van der Waals surface area contributed by atoms with Gasteiger partial charge < -0.3 is 18.9 Å². The number of likely N-dealkylation sites (tertiary alicyclic amines) is 1. The van der Waals surface area contributed by atoms with Crippen molar-refractivity contribution in [3.63, 3.8) is 0 Å². The Morgan fingerprint density at radius 3 is 2.61 bits per heavy atom. The molecule has 2 amide bonds. The minimum Gasteiger partial charge on any atom is -0.489 e. The molecule has 0 radical (unpaired) electrons. The van der Waals surface area contributed by atoms with Crippen molar-refractivity contribution in [3.05, 3.63) is 76.5 Å². The first-order valence-corrected chi connectivity index (χ1v) is 12.1. The van der Waals surface area contributed by atoms with Crippen LogP contribution in [0.2, 0.25) is 0 Å². The molecule has 0 aliphatic carbocycles. The summed E-state index contributed by atoms with van der Waals surface area (Å²) in [5.41, 5.74) is 2.68. The summed E-state index contributed by atoms with van der Waals surface area (Å²) in [6.07, 6.45) is 2.43. The Hall–Kier alpha value is -3.46. The molecule has 0 saturated carbocycles. The van der Waals surface area contributed by atoms with Crippen LogP contribution >= 0.6 is 0 Å². The van der Waals surface area contributed by atoms with E-state index in [0.717, 1.165) is 54.3 Å². The zero-order valence-corrected chi connectivity index (χ0v) is 20.4. The summed E-state index contributed by atoms with van der Waals surface area (Å²) in [6.45, 7) is 5.49. The molecule has 190 valence electrons. The van der Waals surface area contributed by atoms with Gasteiger partial charge in [0.15, 0.2) is 0 Å². The molecule has 3 aromatic rings. The first kappa shape index (κ1) is 24.2. The van der Waals surface area contributed by atoms with Crippen LogP contribution in [0, 0.1) is 25.5 Å². The fourth-order valence-electron chi connectivity index (χ4n) is 4.88. The van der Waals surface area contributed by atoms with Gasteiger partial charge in [0, 0.05) is 30.1 Å². The highest BCUT2D eigenvalue weighted by molar-refractivity contribution is 5.88. The third kappa shape index (κ3) is 5.06. The summed E-state index contributed by atoms with van der Waals surface area (Å²) in [4.78, 5) is 14.4. The Balaban J connectivity index is 1.13. The number of amides is 2. The van der Waals surface area contributed by atoms with Gasteiger partial charge in [0.1, 0.15) is 24.0 Å². The molecule has 0 bridgehead atoms. The Morgan fingerprint density at radius 2 is 1.92 bits per heavy atom. The van der Waals surface area contributed by atoms with Gasteiger partial charge in [-0.2, -0.15) is 0 Å². The van der Waals surface area contributed by atoms with E-state index < -0.39 is 11.6 Å². The molecule has 1 spiro atoms. The minimum absolute atomic E-state index is 0.0434. The lowest BCUT2D eigenvalue weighted by Gasteiger charge is -2.38. The number of piperidine rings is 1. The van der Waals surface area contributed by atoms with Gasteiger partial charge in [-0.05, 0) is 69.0 Å². The number of carbonyl (C=O) groups excluding carboxylic acids is 1. The van der Waals surface area contributed by atoms with Crippen molar-refractivity contribution >= 4 is 11.9 Å². The number of rotatable bonds is 5. The molecule has 2 fully saturated rings. The lowest BCUT2D eigenvalue weighted by atomic mass is 9.83. The molecule has 1 atom stereocenters. The first-order chi connectivity index (χ1) is 17.3. The summed E-state index contributed by atoms with van der Waals surface area (Å²) in [6, 6.07) is 10.8. The van der Waals surface area contributed by atoms with E-state index in [1.54, 1.807) is 4.90 Å². The third-order valence-corrected chi connectivity index (χ3v) is 7.30. The highest BCUT2D eigenvalue weighted by Gasteiger charge is 2.43. The van der Waals surface area contributed by atoms with Gasteiger partial charge >= 0.3 is 6.03 Å². The summed E-state index contributed by atoms with van der Waals surface area (Å²) in [5, 5.41) is 6.69. The number of nitrogens with one attached hydrogen (secondary N) is 1. The zero-order chi connectivity index (χ0) is 25.3. The molecule has 2 aliphatic heterocycles. The molecule has 1 unspecified atom stereocenters. The minimum atomic E-state index is -0.494. The maximum Gasteiger partial charge on any atom is 0.324 e. The standard InChI is InChI=1S/C27H29F2N3O4/c1-17-18(2)31-36-25(17)30-26(33)32-11-9-27(10-12-32)14-21(16-35-27)19-3-6-23(7-4-19)34-15-20-13-22(28)5-8-24(20)29/h3-8,13,21H,9-12,14-16H2,1-2H3,(H,30,33). The SMILES string of the molecule is Cc1noc(NC(=O)N2CCC3(CC2)CC(c2ccc(OCc4cc(F)ccc4F)cc2)CO3)c1C. The quantitative estimate of drug-likeness (QED) is 0.488. The molecule has 9 heteroatoms. The molecular formula is C27H29F2N3O4. The topological polar surface area (TPSA) is 76.8 Å². The van der Waals surface area contributed by atoms with Crippen LogP contribution in [0.25, 0.3) is 0 Å². The van der Waals surface area contributed by atoms with E-state index in [1.807, 2.05) is 38.1 Å². The van der Waals surface area contributed by atoms with E-state index in [-0.39, 0.29) is 29.7 Å². The number of carbonyl (C=O) groups is 1. The van der Waals surface area contributed by atoms with Crippen molar-refractivity contribution in [2.45, 2.75) is 51.2 Å². The molecule has 1 N–H and O–H groups in total. The van der Waals surface area contributed by atoms with E-state index in [0.29, 0.717) is 31.3 Å². The molecule has 5 rings (SSSR count). The van der Waals surface area contributed by atoms with Crippen LogP contribution in [0.1, 0.15) is 47.6 Å². The number of aromatic nitrogens is 1. The van der Waals surface area contributed by atoms with Crippen LogP contribution in [-0.2, 0) is 11.3 Å². The molecule has 3 heterocycles. The van der Waals surface area contributed by atoms with Crippen molar-refractivity contribution < 1.29 is 27.6 Å². The second-order valence-corrected chi connectivity index (χ2v) is 9.63. The number of aryl methyl sites for hydroxylation is 1. The van der Waals surface area contributed by atoms with Gasteiger partial charge in [-0.15, -0.1) is 0 Å². The van der Waals surface area contributed by atoms with Crippen molar-refractivity contribution in [1.82, 2.24) is 10.1 Å². The normalized spacial score (nSPS) is 19.0. The van der Waals surface area contributed by atoms with Crippen LogP contribution in [0.3, 0.4) is 0 Å². The van der Waals surface area contributed by atoms with Crippen LogP contribution < -0.4 is 10.1 Å². The van der Waals surface area contributed by atoms with Crippen LogP contribution in [0.15, 0.2) is 47.0 Å². The van der Waals surface area contributed by atoms with Crippen LogP contribution in [0.4, 0.5) is 19.5 Å². The average molecular weight is 498 g/mol. The predicted octanol–water partition coefficient (Wildman–Crippen LogP) is 5.72. The lowest BCUT2D eigenvalue weighted by molar-refractivity contribution is -0.0355. The van der Waals surface area contributed by atoms with Crippen LogP contribution in [-0.4, -0.2) is 41.4 Å². The maximum absolute atomic E-state index is 13.8. The average Bonchev–Trinajstić information content (AvgIpc) is 3.44. The summed E-state index contributed by atoms with van der Waals surface area (Å²) >= 11 is 0. The molecule has 7 nitrogen and oxygen atoms in total. The molecule has 1 aromatic heterocycles. The van der Waals surface area contributed by atoms with Crippen molar-refractivity contribution in [2.75, 3.05) is 25.0 Å². The predicted molar refractivity (Wildman–Crippen MR) is 129 cm³/mol. The fourth-order valence-corrected chi connectivity index (χ4v) is 4.88. The molecule has 2 aromatic carbocycles. The number of benzene rings is 2. The number of hydrogen-bond donors (Lipinski definition) is 1. The highest BCUT2D eigenvalue weighted by atomic mass is 19.1. The van der Waals surface area contributed by atoms with Crippen LogP contribution in [0.5, 0.6) is 5.75 Å². The van der Waals surface area contributed by atoms with Gasteiger partial charge in [0.25, 0.3) is 0 Å². The Kier molecular flexibility index (Phi) is 6.66. The monoisotopic (exact) mass is 497 g/mol. The Morgan fingerprint density at radius 1 is 1.17 bits per heavy atom. The Bertz CT molecular complexity index is 1240. The lowest BCUT2D eigenvalue weighted by Crippen LogP contribution is -2.47. The number of urea groups is 1. The smallest absolute Gasteiger partial charge is 0.324 e. The van der Waals surface area contributed by atoms with Crippen molar-refractivity contribution in [1.29, 1.82) is 0 Å². The van der Waals surface area contributed by atoms with Gasteiger partial charge in [-0.25, -0.2) is 13.6 Å². The van der Waals surface area contributed by atoms with E-state index in [9.17, 15) is 13.6 Å². The molecule has 2 aliphatic rings. The molecule has 36 heavy (non-hydrogen) atoms. The van der Waals surface area contributed by atoms with E-state index >= 15 is 0 Å². The van der Waals surface area contributed by atoms with E-state index in [1.165, 1.54) is 0 Å². The van der Waals surface area contributed by atoms with Gasteiger partial charge in [0.2, 0.25) is 5.88 Å². The summed E-state index contributed by atoms with van der Waals surface area (Å²) in [7, 11) is 0. The summed E-state index contributed by atoms with van der Waals surface area (Å²) in [5.74, 6) is 0.246. The number of hydrogen-bond acceptors (Lipinski definition) is 5. The van der Waals surface area contributed by atoms with Crippen molar-refractivity contribution in [2.24, 2.45) is 0 Å². The van der Waals surface area contributed by atoms with Gasteiger partial charge in [-0.3, -0.25) is 5.32 Å². The summed E-state index contributed by atoms with van der Waals surface area (Å²) < 4.78 is 44.3. The highest BCUT2D eigenvalue weighted by Crippen LogP contribution is 2.43. The van der Waals surface area contributed by atoms with E-state index in [4.69, 9.17) is 14.0 Å². The number of halogens is 2. The zero-order valence-electron chi connectivity index (χ0n) is 20.4. The van der Waals surface area contributed by atoms with E-state index in [2.05, 4.69) is 10.5 Å². The second kappa shape index (κ2) is 9.89. The second-order valence-electron chi connectivity index (χ2n) is 9.63. The largest absolute Gasteiger partial charge is 0.489 e.